The summed E-state index contributed by atoms with van der Waals surface area (Å²) >= 11 is 0. The van der Waals surface area contributed by atoms with E-state index in [1.807, 2.05) is 45.0 Å². The lowest BCUT2D eigenvalue weighted by Gasteiger charge is -2.23. The van der Waals surface area contributed by atoms with Gasteiger partial charge in [-0.1, -0.05) is 18.2 Å². The molecule has 0 saturated heterocycles. The lowest BCUT2D eigenvalue weighted by atomic mass is 10.0. The molecule has 1 rings (SSSR count). The summed E-state index contributed by atoms with van der Waals surface area (Å²) in [4.78, 5) is 11.8. The predicted molar refractivity (Wildman–Crippen MR) is 79.9 cm³/mol. The Hall–Kier alpha value is -1.97. The van der Waals surface area contributed by atoms with Gasteiger partial charge in [0.25, 0.3) is 0 Å². The quantitative estimate of drug-likeness (QED) is 0.832. The first-order valence-electron chi connectivity index (χ1n) is 6.60. The standard InChI is InChI=1S/C16H23NO3/c1-6-7-14(17-15(18)20-16(2,3)4)12-8-10-13(19-5)11-9-12/h6,8-11,14H,1,7H2,2-5H3,(H,17,18). The van der Waals surface area contributed by atoms with Gasteiger partial charge in [0, 0.05) is 0 Å². The van der Waals surface area contributed by atoms with E-state index in [0.717, 1.165) is 11.3 Å². The highest BCUT2D eigenvalue weighted by molar-refractivity contribution is 5.68. The van der Waals surface area contributed by atoms with Crippen LogP contribution in [0.1, 0.15) is 38.8 Å². The van der Waals surface area contributed by atoms with Gasteiger partial charge in [0.15, 0.2) is 0 Å². The molecule has 4 nitrogen and oxygen atoms in total. The van der Waals surface area contributed by atoms with Crippen LogP contribution >= 0.6 is 0 Å². The molecule has 1 N–H and O–H groups in total. The maximum absolute atomic E-state index is 11.8. The molecule has 0 aliphatic rings. The molecule has 0 aromatic heterocycles. The highest BCUT2D eigenvalue weighted by atomic mass is 16.6. The molecule has 0 radical (unpaired) electrons. The van der Waals surface area contributed by atoms with Crippen molar-refractivity contribution < 1.29 is 14.3 Å². The van der Waals surface area contributed by atoms with E-state index in [-0.39, 0.29) is 6.04 Å². The predicted octanol–water partition coefficient (Wildman–Crippen LogP) is 3.84. The lowest BCUT2D eigenvalue weighted by Crippen LogP contribution is -2.34. The summed E-state index contributed by atoms with van der Waals surface area (Å²) in [5.41, 5.74) is 0.472. The minimum atomic E-state index is -0.511. The molecule has 0 aliphatic heterocycles. The van der Waals surface area contributed by atoms with Crippen molar-refractivity contribution in [3.63, 3.8) is 0 Å². The fraction of sp³-hybridized carbons (Fsp3) is 0.438. The summed E-state index contributed by atoms with van der Waals surface area (Å²) in [6.07, 6.45) is 1.97. The number of amides is 1. The van der Waals surface area contributed by atoms with Crippen molar-refractivity contribution in [1.82, 2.24) is 5.32 Å². The topological polar surface area (TPSA) is 47.6 Å². The first-order chi connectivity index (χ1) is 9.35. The van der Waals surface area contributed by atoms with Crippen LogP contribution in [0.25, 0.3) is 0 Å². The zero-order valence-corrected chi connectivity index (χ0v) is 12.6. The van der Waals surface area contributed by atoms with E-state index in [1.54, 1.807) is 13.2 Å². The Morgan fingerprint density at radius 3 is 2.40 bits per heavy atom. The van der Waals surface area contributed by atoms with E-state index < -0.39 is 11.7 Å². The molecule has 0 aliphatic carbocycles. The van der Waals surface area contributed by atoms with Gasteiger partial charge >= 0.3 is 6.09 Å². The van der Waals surface area contributed by atoms with Crippen LogP contribution in [0.3, 0.4) is 0 Å². The Balaban J connectivity index is 2.77. The van der Waals surface area contributed by atoms with Gasteiger partial charge in [-0.15, -0.1) is 6.58 Å². The maximum Gasteiger partial charge on any atom is 0.408 e. The summed E-state index contributed by atoms with van der Waals surface area (Å²) < 4.78 is 10.4. The molecule has 20 heavy (non-hydrogen) atoms. The zero-order chi connectivity index (χ0) is 15.2. The fourth-order valence-corrected chi connectivity index (χ4v) is 1.73. The van der Waals surface area contributed by atoms with E-state index >= 15 is 0 Å². The highest BCUT2D eigenvalue weighted by Gasteiger charge is 2.19. The Kier molecular flexibility index (Phi) is 5.62. The molecule has 1 aromatic carbocycles. The molecule has 1 amide bonds. The zero-order valence-electron chi connectivity index (χ0n) is 12.6. The first-order valence-corrected chi connectivity index (χ1v) is 6.60. The second-order valence-electron chi connectivity index (χ2n) is 5.50. The molecule has 0 spiro atoms. The van der Waals surface area contributed by atoms with Crippen LogP contribution < -0.4 is 10.1 Å². The smallest absolute Gasteiger partial charge is 0.408 e. The molecule has 0 heterocycles. The van der Waals surface area contributed by atoms with Crippen LogP contribution in [0, 0.1) is 0 Å². The maximum atomic E-state index is 11.8. The van der Waals surface area contributed by atoms with Crippen LogP contribution in [0.5, 0.6) is 5.75 Å². The molecule has 1 aromatic rings. The molecule has 1 atom stereocenters. The van der Waals surface area contributed by atoms with Crippen LogP contribution in [-0.2, 0) is 4.74 Å². The number of alkyl carbamates (subject to hydrolysis) is 1. The van der Waals surface area contributed by atoms with Crippen LogP contribution in [0.15, 0.2) is 36.9 Å². The fourth-order valence-electron chi connectivity index (χ4n) is 1.73. The van der Waals surface area contributed by atoms with E-state index in [0.29, 0.717) is 6.42 Å². The van der Waals surface area contributed by atoms with Gasteiger partial charge in [0.2, 0.25) is 0 Å². The van der Waals surface area contributed by atoms with Gasteiger partial charge in [-0.05, 0) is 44.9 Å². The highest BCUT2D eigenvalue weighted by Crippen LogP contribution is 2.21. The van der Waals surface area contributed by atoms with Crippen molar-refractivity contribution in [2.45, 2.75) is 38.8 Å². The molecule has 1 unspecified atom stereocenters. The number of hydrogen-bond donors (Lipinski definition) is 1. The molecular formula is C16H23NO3. The first kappa shape index (κ1) is 16.1. The second-order valence-corrected chi connectivity index (χ2v) is 5.50. The summed E-state index contributed by atoms with van der Waals surface area (Å²) in [5, 5.41) is 2.86. The Labute approximate surface area is 120 Å². The van der Waals surface area contributed by atoms with E-state index in [9.17, 15) is 4.79 Å². The van der Waals surface area contributed by atoms with Crippen molar-refractivity contribution in [2.75, 3.05) is 7.11 Å². The number of rotatable bonds is 5. The van der Waals surface area contributed by atoms with Gasteiger partial charge in [-0.25, -0.2) is 4.79 Å². The molecule has 110 valence electrons. The summed E-state index contributed by atoms with van der Waals surface area (Å²) in [6.45, 7) is 9.23. The number of benzene rings is 1. The Bertz CT molecular complexity index is 446. The Morgan fingerprint density at radius 2 is 1.95 bits per heavy atom. The average molecular weight is 277 g/mol. The summed E-state index contributed by atoms with van der Waals surface area (Å²) in [7, 11) is 1.62. The Morgan fingerprint density at radius 1 is 1.35 bits per heavy atom. The molecule has 4 heteroatoms. The normalized spacial score (nSPS) is 12.4. The second kappa shape index (κ2) is 6.98. The summed E-state index contributed by atoms with van der Waals surface area (Å²) in [5.74, 6) is 0.781. The monoisotopic (exact) mass is 277 g/mol. The number of methoxy groups -OCH3 is 1. The van der Waals surface area contributed by atoms with Gasteiger partial charge in [-0.3, -0.25) is 0 Å². The minimum Gasteiger partial charge on any atom is -0.497 e. The number of hydrogen-bond acceptors (Lipinski definition) is 3. The van der Waals surface area contributed by atoms with E-state index in [4.69, 9.17) is 9.47 Å². The molecule has 0 saturated carbocycles. The summed E-state index contributed by atoms with van der Waals surface area (Å²) in [6, 6.07) is 7.41. The van der Waals surface area contributed by atoms with Gasteiger partial charge in [0.05, 0.1) is 13.2 Å². The molecular weight excluding hydrogens is 254 g/mol. The molecule has 0 bridgehead atoms. The average Bonchev–Trinajstić information content (AvgIpc) is 2.36. The van der Waals surface area contributed by atoms with Crippen molar-refractivity contribution in [1.29, 1.82) is 0 Å². The van der Waals surface area contributed by atoms with Crippen LogP contribution in [0.2, 0.25) is 0 Å². The SMILES string of the molecule is C=CCC(NC(=O)OC(C)(C)C)c1ccc(OC)cc1. The van der Waals surface area contributed by atoms with Crippen molar-refractivity contribution in [2.24, 2.45) is 0 Å². The minimum absolute atomic E-state index is 0.159. The third-order valence-corrected chi connectivity index (χ3v) is 2.61. The lowest BCUT2D eigenvalue weighted by molar-refractivity contribution is 0.0504. The largest absolute Gasteiger partial charge is 0.497 e. The van der Waals surface area contributed by atoms with Gasteiger partial charge in [-0.2, -0.15) is 0 Å². The van der Waals surface area contributed by atoms with Crippen molar-refractivity contribution in [3.05, 3.63) is 42.5 Å². The number of carbonyl (C=O) groups is 1. The van der Waals surface area contributed by atoms with E-state index in [1.165, 1.54) is 0 Å². The third kappa shape index (κ3) is 5.34. The number of carbonyl (C=O) groups excluding carboxylic acids is 1. The number of ether oxygens (including phenoxy) is 2. The van der Waals surface area contributed by atoms with Crippen LogP contribution in [0.4, 0.5) is 4.79 Å². The van der Waals surface area contributed by atoms with Gasteiger partial charge < -0.3 is 14.8 Å². The van der Waals surface area contributed by atoms with E-state index in [2.05, 4.69) is 11.9 Å². The van der Waals surface area contributed by atoms with Gasteiger partial charge in [0.1, 0.15) is 11.4 Å². The van der Waals surface area contributed by atoms with Crippen LogP contribution in [-0.4, -0.2) is 18.8 Å². The molecule has 0 fully saturated rings. The van der Waals surface area contributed by atoms with Crippen molar-refractivity contribution in [3.8, 4) is 5.75 Å². The number of nitrogens with one attached hydrogen (secondary N) is 1. The van der Waals surface area contributed by atoms with Crippen molar-refractivity contribution >= 4 is 6.09 Å². The third-order valence-electron chi connectivity index (χ3n) is 2.61.